The molecule has 0 bridgehead atoms. The molecule has 2 rings (SSSR count). The first-order valence-electron chi connectivity index (χ1n) is 5.24. The summed E-state index contributed by atoms with van der Waals surface area (Å²) in [5, 5.41) is -0.0742. The minimum Gasteiger partial charge on any atom is -0.381 e. The van der Waals surface area contributed by atoms with Gasteiger partial charge in [-0.1, -0.05) is 0 Å². The Bertz CT molecular complexity index is 706. The van der Waals surface area contributed by atoms with Crippen molar-refractivity contribution in [1.29, 1.82) is 0 Å². The molecule has 0 fully saturated rings. The lowest BCUT2D eigenvalue weighted by Gasteiger charge is -2.10. The number of pyridine rings is 1. The number of sulfonamides is 1. The lowest BCUT2D eigenvalue weighted by molar-refractivity contribution is 0.592. The number of nitrogens with two attached hydrogens (primary N) is 1. The first-order valence-corrected chi connectivity index (χ1v) is 7.51. The summed E-state index contributed by atoms with van der Waals surface area (Å²) in [5.74, 6) is -0.0438. The lowest BCUT2D eigenvalue weighted by Crippen LogP contribution is -2.18. The zero-order valence-corrected chi connectivity index (χ0v) is 12.7. The van der Waals surface area contributed by atoms with Gasteiger partial charge in [-0.2, -0.15) is 8.42 Å². The van der Waals surface area contributed by atoms with Crippen molar-refractivity contribution in [1.82, 2.24) is 14.5 Å². The van der Waals surface area contributed by atoms with E-state index in [9.17, 15) is 8.42 Å². The standard InChI is InChI=1S/C10H12BrN5O2S/c1-6-7(3-4-8(11)14-6)15-19(17,18)10-9(12)13-5-16(10)2/h3-5,15H,12H2,1-2H3. The maximum absolute atomic E-state index is 12.3. The number of rotatable bonds is 3. The summed E-state index contributed by atoms with van der Waals surface area (Å²) < 4.78 is 28.9. The first kappa shape index (κ1) is 13.8. The highest BCUT2D eigenvalue weighted by molar-refractivity contribution is 9.10. The molecule has 0 aliphatic heterocycles. The van der Waals surface area contributed by atoms with Gasteiger partial charge in [-0.3, -0.25) is 4.72 Å². The van der Waals surface area contributed by atoms with E-state index in [1.54, 1.807) is 26.1 Å². The van der Waals surface area contributed by atoms with Crippen LogP contribution in [0.25, 0.3) is 0 Å². The second kappa shape index (κ2) is 4.82. The highest BCUT2D eigenvalue weighted by Crippen LogP contribution is 2.22. The van der Waals surface area contributed by atoms with E-state index >= 15 is 0 Å². The molecule has 9 heteroatoms. The third-order valence-electron chi connectivity index (χ3n) is 2.46. The van der Waals surface area contributed by atoms with Crippen LogP contribution in [0.5, 0.6) is 0 Å². The molecule has 102 valence electrons. The molecule has 0 unspecified atom stereocenters. The highest BCUT2D eigenvalue weighted by Gasteiger charge is 2.23. The minimum atomic E-state index is -3.80. The van der Waals surface area contributed by atoms with Crippen molar-refractivity contribution in [2.24, 2.45) is 7.05 Å². The molecule has 0 aromatic carbocycles. The van der Waals surface area contributed by atoms with Gasteiger partial charge in [-0.25, -0.2) is 9.97 Å². The Morgan fingerprint density at radius 3 is 2.63 bits per heavy atom. The predicted molar refractivity (Wildman–Crippen MR) is 75.1 cm³/mol. The van der Waals surface area contributed by atoms with Crippen LogP contribution in [0, 0.1) is 6.92 Å². The normalized spacial score (nSPS) is 11.5. The average Bonchev–Trinajstić information content (AvgIpc) is 2.63. The van der Waals surface area contributed by atoms with E-state index in [0.29, 0.717) is 16.0 Å². The summed E-state index contributed by atoms with van der Waals surface area (Å²) in [4.78, 5) is 7.88. The smallest absolute Gasteiger partial charge is 0.281 e. The number of nitrogens with one attached hydrogen (secondary N) is 1. The van der Waals surface area contributed by atoms with Crippen molar-refractivity contribution in [3.05, 3.63) is 28.8 Å². The molecule has 7 nitrogen and oxygen atoms in total. The van der Waals surface area contributed by atoms with Gasteiger partial charge in [-0.15, -0.1) is 0 Å². The molecule has 3 N–H and O–H groups in total. The van der Waals surface area contributed by atoms with E-state index in [4.69, 9.17) is 5.73 Å². The molecule has 0 radical (unpaired) electrons. The van der Waals surface area contributed by atoms with Crippen LogP contribution in [0.1, 0.15) is 5.69 Å². The Morgan fingerprint density at radius 2 is 2.11 bits per heavy atom. The predicted octanol–water partition coefficient (Wildman–Crippen LogP) is 1.27. The summed E-state index contributed by atoms with van der Waals surface area (Å²) >= 11 is 3.22. The van der Waals surface area contributed by atoms with Crippen molar-refractivity contribution >= 4 is 37.5 Å². The second-order valence-corrected chi connectivity index (χ2v) is 6.33. The summed E-state index contributed by atoms with van der Waals surface area (Å²) in [6.07, 6.45) is 1.34. The van der Waals surface area contributed by atoms with Crippen LogP contribution in [0.15, 0.2) is 28.1 Å². The summed E-state index contributed by atoms with van der Waals surface area (Å²) in [5.41, 5.74) is 6.52. The summed E-state index contributed by atoms with van der Waals surface area (Å²) in [6.45, 7) is 1.70. The third kappa shape index (κ3) is 2.71. The van der Waals surface area contributed by atoms with Gasteiger partial charge in [0.25, 0.3) is 10.0 Å². The van der Waals surface area contributed by atoms with E-state index in [1.165, 1.54) is 10.9 Å². The summed E-state index contributed by atoms with van der Waals surface area (Å²) in [7, 11) is -2.24. The van der Waals surface area contributed by atoms with E-state index in [-0.39, 0.29) is 10.8 Å². The van der Waals surface area contributed by atoms with Crippen LogP contribution in [-0.2, 0) is 17.1 Å². The van der Waals surface area contributed by atoms with Crippen molar-refractivity contribution in [3.63, 3.8) is 0 Å². The quantitative estimate of drug-likeness (QED) is 0.815. The molecule has 2 heterocycles. The SMILES string of the molecule is Cc1nc(Br)ccc1NS(=O)(=O)c1c(N)ncn1C. The molecule has 0 spiro atoms. The molecule has 0 saturated heterocycles. The Morgan fingerprint density at radius 1 is 1.42 bits per heavy atom. The van der Waals surface area contributed by atoms with Gasteiger partial charge < -0.3 is 10.3 Å². The number of imidazole rings is 1. The number of nitrogens with zero attached hydrogens (tertiary/aromatic N) is 3. The number of nitrogen functional groups attached to an aromatic ring is 1. The van der Waals surface area contributed by atoms with Gasteiger partial charge in [0, 0.05) is 7.05 Å². The largest absolute Gasteiger partial charge is 0.381 e. The van der Waals surface area contributed by atoms with Gasteiger partial charge in [0.15, 0.2) is 10.8 Å². The monoisotopic (exact) mass is 345 g/mol. The van der Waals surface area contributed by atoms with Gasteiger partial charge in [0.1, 0.15) is 4.60 Å². The number of aryl methyl sites for hydroxylation is 2. The average molecular weight is 346 g/mol. The van der Waals surface area contributed by atoms with Crippen LogP contribution < -0.4 is 10.5 Å². The van der Waals surface area contributed by atoms with Crippen molar-refractivity contribution in [3.8, 4) is 0 Å². The fourth-order valence-corrected chi connectivity index (χ4v) is 3.35. The van der Waals surface area contributed by atoms with Crippen LogP contribution >= 0.6 is 15.9 Å². The molecule has 19 heavy (non-hydrogen) atoms. The van der Waals surface area contributed by atoms with Gasteiger partial charge in [0.05, 0.1) is 17.7 Å². The van der Waals surface area contributed by atoms with Crippen molar-refractivity contribution in [2.75, 3.05) is 10.5 Å². The molecule has 2 aromatic heterocycles. The maximum atomic E-state index is 12.3. The van der Waals surface area contributed by atoms with Gasteiger partial charge >= 0.3 is 0 Å². The molecule has 0 aliphatic rings. The maximum Gasteiger partial charge on any atom is 0.281 e. The Labute approximate surface area is 119 Å². The zero-order chi connectivity index (χ0) is 14.2. The van der Waals surface area contributed by atoms with E-state index in [0.717, 1.165) is 0 Å². The third-order valence-corrected chi connectivity index (χ3v) is 4.40. The minimum absolute atomic E-state index is 0.0438. The van der Waals surface area contributed by atoms with Crippen molar-refractivity contribution < 1.29 is 8.42 Å². The Balaban J connectivity index is 2.42. The van der Waals surface area contributed by atoms with Crippen LogP contribution in [0.3, 0.4) is 0 Å². The highest BCUT2D eigenvalue weighted by atomic mass is 79.9. The fourth-order valence-electron chi connectivity index (χ4n) is 1.60. The Kier molecular flexibility index (Phi) is 3.50. The number of hydrogen-bond acceptors (Lipinski definition) is 5. The van der Waals surface area contributed by atoms with E-state index in [1.807, 2.05) is 0 Å². The second-order valence-electron chi connectivity index (χ2n) is 3.92. The number of anilines is 2. The number of hydrogen-bond donors (Lipinski definition) is 2. The van der Waals surface area contributed by atoms with Crippen LogP contribution in [0.4, 0.5) is 11.5 Å². The van der Waals surface area contributed by atoms with Gasteiger partial charge in [0.2, 0.25) is 0 Å². The zero-order valence-electron chi connectivity index (χ0n) is 10.3. The first-order chi connectivity index (χ1) is 8.81. The molecule has 0 aliphatic carbocycles. The molecular formula is C10H12BrN5O2S. The topological polar surface area (TPSA) is 103 Å². The van der Waals surface area contributed by atoms with Crippen LogP contribution in [0.2, 0.25) is 0 Å². The molecule has 0 atom stereocenters. The molecule has 2 aromatic rings. The number of halogens is 1. The Hall–Kier alpha value is -1.61. The number of aromatic nitrogens is 3. The molecular weight excluding hydrogens is 334 g/mol. The molecule has 0 saturated carbocycles. The van der Waals surface area contributed by atoms with E-state index < -0.39 is 10.0 Å². The fraction of sp³-hybridized carbons (Fsp3) is 0.200. The van der Waals surface area contributed by atoms with Crippen molar-refractivity contribution in [2.45, 2.75) is 11.9 Å². The lowest BCUT2D eigenvalue weighted by atomic mass is 10.3. The van der Waals surface area contributed by atoms with E-state index in [2.05, 4.69) is 30.6 Å². The van der Waals surface area contributed by atoms with Crippen LogP contribution in [-0.4, -0.2) is 23.0 Å². The van der Waals surface area contributed by atoms with Gasteiger partial charge in [-0.05, 0) is 35.0 Å². The molecule has 0 amide bonds. The summed E-state index contributed by atoms with van der Waals surface area (Å²) in [6, 6.07) is 3.27.